The first-order chi connectivity index (χ1) is 10.1. The van der Waals surface area contributed by atoms with Gasteiger partial charge in [-0.05, 0) is 43.9 Å². The van der Waals surface area contributed by atoms with Crippen LogP contribution in [-0.4, -0.2) is 24.9 Å². The minimum Gasteiger partial charge on any atom is -0.312 e. The molecule has 0 unspecified atom stereocenters. The molecule has 2 saturated heterocycles. The summed E-state index contributed by atoms with van der Waals surface area (Å²) in [6.07, 6.45) is 5.10. The van der Waals surface area contributed by atoms with E-state index >= 15 is 0 Å². The van der Waals surface area contributed by atoms with Gasteiger partial charge in [0.2, 0.25) is 11.8 Å². The van der Waals surface area contributed by atoms with E-state index in [4.69, 9.17) is 11.6 Å². The maximum Gasteiger partial charge on any atom is 0.226 e. The van der Waals surface area contributed by atoms with E-state index in [1.165, 1.54) is 0 Å². The molecule has 2 aliphatic heterocycles. The van der Waals surface area contributed by atoms with Crippen molar-refractivity contribution < 1.29 is 9.59 Å². The number of anilines is 2. The van der Waals surface area contributed by atoms with Crippen molar-refractivity contribution >= 4 is 34.8 Å². The first-order valence-electron chi connectivity index (χ1n) is 7.56. The lowest BCUT2D eigenvalue weighted by Crippen LogP contribution is -2.37. The molecule has 0 bridgehead atoms. The summed E-state index contributed by atoms with van der Waals surface area (Å²) in [4.78, 5) is 27.7. The molecule has 0 N–H and O–H groups in total. The Bertz CT molecular complexity index is 527. The predicted octanol–water partition coefficient (Wildman–Crippen LogP) is 3.37. The normalized spacial score (nSPS) is 20.0. The first-order valence-corrected chi connectivity index (χ1v) is 7.94. The van der Waals surface area contributed by atoms with Crippen molar-refractivity contribution in [3.05, 3.63) is 23.2 Å². The highest BCUT2D eigenvalue weighted by atomic mass is 35.5. The second-order valence-electron chi connectivity index (χ2n) is 5.67. The molecule has 0 spiro atoms. The van der Waals surface area contributed by atoms with Gasteiger partial charge in [-0.2, -0.15) is 0 Å². The predicted molar refractivity (Wildman–Crippen MR) is 83.9 cm³/mol. The summed E-state index contributed by atoms with van der Waals surface area (Å²) in [5.74, 6) is 0.277. The van der Waals surface area contributed by atoms with Crippen molar-refractivity contribution in [1.82, 2.24) is 0 Å². The van der Waals surface area contributed by atoms with Crippen LogP contribution in [0.25, 0.3) is 0 Å². The van der Waals surface area contributed by atoms with Crippen molar-refractivity contribution in [2.45, 2.75) is 38.5 Å². The largest absolute Gasteiger partial charge is 0.312 e. The van der Waals surface area contributed by atoms with Gasteiger partial charge in [-0.3, -0.25) is 9.59 Å². The Balaban J connectivity index is 1.92. The Morgan fingerprint density at radius 1 is 0.762 bits per heavy atom. The number of halogens is 1. The van der Waals surface area contributed by atoms with Gasteiger partial charge < -0.3 is 9.80 Å². The lowest BCUT2D eigenvalue weighted by atomic mass is 10.1. The molecule has 2 aliphatic rings. The van der Waals surface area contributed by atoms with E-state index in [1.54, 1.807) is 9.80 Å². The average Bonchev–Trinajstić information content (AvgIpc) is 2.47. The fraction of sp³-hybridized carbons (Fsp3) is 0.500. The molecule has 5 heteroatoms. The van der Waals surface area contributed by atoms with Gasteiger partial charge in [0.15, 0.2) is 0 Å². The maximum absolute atomic E-state index is 12.1. The van der Waals surface area contributed by atoms with E-state index in [0.29, 0.717) is 17.9 Å². The molecule has 2 fully saturated rings. The number of nitrogens with zero attached hydrogens (tertiary/aromatic N) is 2. The highest BCUT2D eigenvalue weighted by Gasteiger charge is 2.24. The number of hydrogen-bond donors (Lipinski definition) is 0. The van der Waals surface area contributed by atoms with Crippen LogP contribution in [0.2, 0.25) is 5.02 Å². The van der Waals surface area contributed by atoms with Crippen molar-refractivity contribution in [1.29, 1.82) is 0 Å². The van der Waals surface area contributed by atoms with Gasteiger partial charge in [-0.1, -0.05) is 11.6 Å². The van der Waals surface area contributed by atoms with E-state index in [-0.39, 0.29) is 11.8 Å². The molecule has 0 atom stereocenters. The number of hydrogen-bond acceptors (Lipinski definition) is 2. The van der Waals surface area contributed by atoms with Crippen LogP contribution in [0.1, 0.15) is 38.5 Å². The zero-order chi connectivity index (χ0) is 14.8. The van der Waals surface area contributed by atoms with E-state index in [9.17, 15) is 9.59 Å². The molecule has 2 heterocycles. The lowest BCUT2D eigenvalue weighted by Gasteiger charge is -2.30. The monoisotopic (exact) mass is 306 g/mol. The molecule has 2 amide bonds. The van der Waals surface area contributed by atoms with Crippen molar-refractivity contribution in [3.63, 3.8) is 0 Å². The number of rotatable bonds is 2. The number of carbonyl (C=O) groups is 2. The highest BCUT2D eigenvalue weighted by molar-refractivity contribution is 6.31. The zero-order valence-corrected chi connectivity index (χ0v) is 12.7. The molecule has 0 radical (unpaired) electrons. The van der Waals surface area contributed by atoms with Gasteiger partial charge in [0, 0.05) is 42.3 Å². The third kappa shape index (κ3) is 3.05. The molecule has 1 aromatic carbocycles. The molecule has 0 saturated carbocycles. The molecule has 21 heavy (non-hydrogen) atoms. The van der Waals surface area contributed by atoms with Crippen LogP contribution in [0.15, 0.2) is 18.2 Å². The summed E-state index contributed by atoms with van der Waals surface area (Å²) in [7, 11) is 0. The Hall–Kier alpha value is -1.55. The molecule has 4 nitrogen and oxygen atoms in total. The molecule has 112 valence electrons. The Morgan fingerprint density at radius 2 is 1.24 bits per heavy atom. The number of carbonyl (C=O) groups excluding carboxylic acids is 2. The van der Waals surface area contributed by atoms with Gasteiger partial charge in [-0.25, -0.2) is 0 Å². The van der Waals surface area contributed by atoms with Crippen LogP contribution in [0.5, 0.6) is 0 Å². The van der Waals surface area contributed by atoms with Crippen LogP contribution in [0, 0.1) is 0 Å². The second-order valence-corrected chi connectivity index (χ2v) is 6.11. The third-order valence-electron chi connectivity index (χ3n) is 4.14. The van der Waals surface area contributed by atoms with Gasteiger partial charge in [0.05, 0.1) is 0 Å². The quantitative estimate of drug-likeness (QED) is 0.840. The summed E-state index contributed by atoms with van der Waals surface area (Å²) in [6.45, 7) is 1.46. The summed E-state index contributed by atoms with van der Waals surface area (Å²) < 4.78 is 0. The van der Waals surface area contributed by atoms with E-state index in [0.717, 1.165) is 50.1 Å². The Labute approximate surface area is 129 Å². The standard InChI is InChI=1S/C16H19ClN2O2/c17-12-9-13(18-7-3-1-5-15(18)20)11-14(10-12)19-8-4-2-6-16(19)21/h9-11H,1-8H2. The van der Waals surface area contributed by atoms with Crippen LogP contribution in [0.4, 0.5) is 11.4 Å². The van der Waals surface area contributed by atoms with E-state index in [1.807, 2.05) is 18.2 Å². The van der Waals surface area contributed by atoms with Crippen molar-refractivity contribution in [3.8, 4) is 0 Å². The lowest BCUT2D eigenvalue weighted by molar-refractivity contribution is -0.120. The number of amides is 2. The molecular formula is C16H19ClN2O2. The molecule has 0 aliphatic carbocycles. The van der Waals surface area contributed by atoms with E-state index < -0.39 is 0 Å². The van der Waals surface area contributed by atoms with Crippen molar-refractivity contribution in [2.24, 2.45) is 0 Å². The van der Waals surface area contributed by atoms with Gasteiger partial charge in [0.1, 0.15) is 0 Å². The Morgan fingerprint density at radius 3 is 1.67 bits per heavy atom. The van der Waals surface area contributed by atoms with Crippen LogP contribution >= 0.6 is 11.6 Å². The molecular weight excluding hydrogens is 288 g/mol. The summed E-state index contributed by atoms with van der Waals surface area (Å²) in [5, 5.41) is 0.569. The third-order valence-corrected chi connectivity index (χ3v) is 4.36. The summed E-state index contributed by atoms with van der Waals surface area (Å²) >= 11 is 6.21. The second kappa shape index (κ2) is 6.06. The van der Waals surface area contributed by atoms with Crippen LogP contribution < -0.4 is 9.80 Å². The smallest absolute Gasteiger partial charge is 0.226 e. The molecule has 1 aromatic rings. The Kier molecular flexibility index (Phi) is 4.15. The molecule has 0 aromatic heterocycles. The topological polar surface area (TPSA) is 40.6 Å². The average molecular weight is 307 g/mol. The number of benzene rings is 1. The van der Waals surface area contributed by atoms with Crippen LogP contribution in [-0.2, 0) is 9.59 Å². The maximum atomic E-state index is 12.1. The number of piperidine rings is 2. The SMILES string of the molecule is O=C1CCCCN1c1cc(Cl)cc(N2CCCCC2=O)c1. The first kappa shape index (κ1) is 14.4. The molecule has 3 rings (SSSR count). The fourth-order valence-electron chi connectivity index (χ4n) is 3.03. The summed E-state index contributed by atoms with van der Waals surface area (Å²) in [5.41, 5.74) is 1.61. The van der Waals surface area contributed by atoms with Gasteiger partial charge in [-0.15, -0.1) is 0 Å². The van der Waals surface area contributed by atoms with Gasteiger partial charge in [0.25, 0.3) is 0 Å². The minimum absolute atomic E-state index is 0.138. The van der Waals surface area contributed by atoms with Crippen molar-refractivity contribution in [2.75, 3.05) is 22.9 Å². The zero-order valence-electron chi connectivity index (χ0n) is 12.0. The van der Waals surface area contributed by atoms with E-state index in [2.05, 4.69) is 0 Å². The minimum atomic E-state index is 0.138. The van der Waals surface area contributed by atoms with Crippen LogP contribution in [0.3, 0.4) is 0 Å². The summed E-state index contributed by atoms with van der Waals surface area (Å²) in [6, 6.07) is 5.53. The van der Waals surface area contributed by atoms with Gasteiger partial charge >= 0.3 is 0 Å². The fourth-order valence-corrected chi connectivity index (χ4v) is 3.25. The highest BCUT2D eigenvalue weighted by Crippen LogP contribution is 2.31.